The topological polar surface area (TPSA) is 37.6 Å². The van der Waals surface area contributed by atoms with E-state index in [-0.39, 0.29) is 5.56 Å². The van der Waals surface area contributed by atoms with E-state index >= 15 is 0 Å². The maximum atomic E-state index is 12.8. The van der Waals surface area contributed by atoms with Crippen LogP contribution in [-0.4, -0.2) is 11.2 Å². The zero-order valence-electron chi connectivity index (χ0n) is 14.6. The van der Waals surface area contributed by atoms with Crippen molar-refractivity contribution in [2.24, 2.45) is 4.99 Å². The molecular formula is C20H18ClN3OS. The van der Waals surface area contributed by atoms with Gasteiger partial charge in [-0.25, -0.2) is 4.99 Å². The van der Waals surface area contributed by atoms with Crippen LogP contribution in [0.2, 0.25) is 5.02 Å². The van der Waals surface area contributed by atoms with Crippen LogP contribution in [0.5, 0.6) is 0 Å². The molecule has 2 heterocycles. The number of aromatic nitrogens is 1. The predicted octanol–water partition coefficient (Wildman–Crippen LogP) is 3.06. The zero-order valence-corrected chi connectivity index (χ0v) is 16.1. The third kappa shape index (κ3) is 3.32. The fraction of sp³-hybridized carbons (Fsp3) is 0.200. The fourth-order valence-corrected chi connectivity index (χ4v) is 4.21. The maximum absolute atomic E-state index is 12.8. The highest BCUT2D eigenvalue weighted by atomic mass is 35.5. The predicted molar refractivity (Wildman–Crippen MR) is 108 cm³/mol. The number of fused-ring (bicyclic) bond motifs is 1. The van der Waals surface area contributed by atoms with Gasteiger partial charge >= 0.3 is 0 Å². The Morgan fingerprint density at radius 3 is 2.50 bits per heavy atom. The van der Waals surface area contributed by atoms with Gasteiger partial charge in [0.15, 0.2) is 4.80 Å². The highest BCUT2D eigenvalue weighted by Gasteiger charge is 2.16. The van der Waals surface area contributed by atoms with Gasteiger partial charge < -0.3 is 4.90 Å². The van der Waals surface area contributed by atoms with Crippen molar-refractivity contribution in [3.63, 3.8) is 0 Å². The number of rotatable bonds is 2. The Balaban J connectivity index is 1.71. The molecule has 0 bridgehead atoms. The molecule has 0 N–H and O–H groups in total. The van der Waals surface area contributed by atoms with Crippen LogP contribution in [0.1, 0.15) is 16.7 Å². The Kier molecular flexibility index (Phi) is 4.42. The summed E-state index contributed by atoms with van der Waals surface area (Å²) >= 11 is 7.36. The molecule has 1 aliphatic rings. The number of benzene rings is 2. The summed E-state index contributed by atoms with van der Waals surface area (Å²) in [6.45, 7) is 5.24. The molecule has 132 valence electrons. The van der Waals surface area contributed by atoms with E-state index < -0.39 is 0 Å². The summed E-state index contributed by atoms with van der Waals surface area (Å²) < 4.78 is 2.43. The van der Waals surface area contributed by atoms with Gasteiger partial charge in [0, 0.05) is 10.7 Å². The SMILES string of the molecule is Cc1cc(C)cc(N2CN=c3s/c(=C\c4ccc(Cl)cc4)c(=O)n3C2)c1. The Morgan fingerprint density at radius 2 is 1.81 bits per heavy atom. The van der Waals surface area contributed by atoms with E-state index in [1.165, 1.54) is 22.5 Å². The van der Waals surface area contributed by atoms with Gasteiger partial charge in [-0.1, -0.05) is 41.1 Å². The van der Waals surface area contributed by atoms with Crippen molar-refractivity contribution in [1.82, 2.24) is 4.57 Å². The van der Waals surface area contributed by atoms with Gasteiger partial charge in [-0.3, -0.25) is 9.36 Å². The van der Waals surface area contributed by atoms with Crippen molar-refractivity contribution in [2.75, 3.05) is 11.6 Å². The molecule has 4 nitrogen and oxygen atoms in total. The Bertz CT molecular complexity index is 1130. The number of nitrogens with zero attached hydrogens (tertiary/aromatic N) is 3. The molecule has 0 amide bonds. The second kappa shape index (κ2) is 6.74. The Hall–Kier alpha value is -2.37. The minimum absolute atomic E-state index is 0.00206. The quantitative estimate of drug-likeness (QED) is 0.682. The molecule has 2 aromatic carbocycles. The number of thiazole rings is 1. The third-order valence-corrected chi connectivity index (χ3v) is 5.61. The summed E-state index contributed by atoms with van der Waals surface area (Å²) in [5, 5.41) is 0.684. The van der Waals surface area contributed by atoms with E-state index in [2.05, 4.69) is 41.9 Å². The first-order chi connectivity index (χ1) is 12.5. The lowest BCUT2D eigenvalue weighted by Crippen LogP contribution is -2.42. The molecule has 0 fully saturated rings. The molecule has 0 atom stereocenters. The molecule has 1 aliphatic heterocycles. The van der Waals surface area contributed by atoms with Crippen molar-refractivity contribution < 1.29 is 0 Å². The Morgan fingerprint density at radius 1 is 1.12 bits per heavy atom. The van der Waals surface area contributed by atoms with Crippen molar-refractivity contribution in [3.05, 3.63) is 83.9 Å². The summed E-state index contributed by atoms with van der Waals surface area (Å²) in [6, 6.07) is 13.9. The van der Waals surface area contributed by atoms with Gasteiger partial charge in [0.05, 0.1) is 4.53 Å². The average Bonchev–Trinajstić information content (AvgIpc) is 2.91. The first-order valence-electron chi connectivity index (χ1n) is 8.34. The van der Waals surface area contributed by atoms with Crippen molar-refractivity contribution in [1.29, 1.82) is 0 Å². The van der Waals surface area contributed by atoms with Crippen molar-refractivity contribution in [2.45, 2.75) is 20.5 Å². The standard InChI is InChI=1S/C20H18ClN3OS/c1-13-7-14(2)9-17(8-13)23-11-22-20-24(12-23)19(25)18(26-20)10-15-3-5-16(21)6-4-15/h3-10H,11-12H2,1-2H3/b18-10-. The lowest BCUT2D eigenvalue weighted by Gasteiger charge is -2.26. The zero-order chi connectivity index (χ0) is 18.3. The van der Waals surface area contributed by atoms with Crippen LogP contribution in [0.3, 0.4) is 0 Å². The van der Waals surface area contributed by atoms with Gasteiger partial charge in [-0.05, 0) is 60.9 Å². The molecule has 3 aromatic rings. The first-order valence-corrected chi connectivity index (χ1v) is 9.54. The molecule has 0 saturated carbocycles. The van der Waals surface area contributed by atoms with E-state index in [0.29, 0.717) is 22.9 Å². The van der Waals surface area contributed by atoms with Gasteiger partial charge in [-0.2, -0.15) is 0 Å². The number of halogens is 1. The molecule has 0 saturated heterocycles. The van der Waals surface area contributed by atoms with Crippen LogP contribution in [0.4, 0.5) is 5.69 Å². The van der Waals surface area contributed by atoms with Crippen LogP contribution >= 0.6 is 22.9 Å². The molecule has 0 aliphatic carbocycles. The van der Waals surface area contributed by atoms with Gasteiger partial charge in [-0.15, -0.1) is 0 Å². The summed E-state index contributed by atoms with van der Waals surface area (Å²) in [5.74, 6) is 0. The second-order valence-electron chi connectivity index (χ2n) is 6.50. The molecular weight excluding hydrogens is 366 g/mol. The molecule has 26 heavy (non-hydrogen) atoms. The van der Waals surface area contributed by atoms with Crippen LogP contribution in [0.25, 0.3) is 6.08 Å². The van der Waals surface area contributed by atoms with Crippen LogP contribution in [-0.2, 0) is 6.67 Å². The lowest BCUT2D eigenvalue weighted by molar-refractivity contribution is 0.569. The van der Waals surface area contributed by atoms with Crippen LogP contribution in [0.15, 0.2) is 52.3 Å². The molecule has 0 radical (unpaired) electrons. The van der Waals surface area contributed by atoms with E-state index in [0.717, 1.165) is 16.1 Å². The molecule has 0 spiro atoms. The maximum Gasteiger partial charge on any atom is 0.271 e. The average molecular weight is 384 g/mol. The second-order valence-corrected chi connectivity index (χ2v) is 7.95. The van der Waals surface area contributed by atoms with E-state index in [4.69, 9.17) is 11.6 Å². The Labute approximate surface area is 160 Å². The summed E-state index contributed by atoms with van der Waals surface area (Å²) in [4.78, 5) is 20.3. The first kappa shape index (κ1) is 17.1. The van der Waals surface area contributed by atoms with Gasteiger partial charge in [0.1, 0.15) is 13.3 Å². The summed E-state index contributed by atoms with van der Waals surface area (Å²) in [7, 11) is 0. The number of aryl methyl sites for hydroxylation is 2. The monoisotopic (exact) mass is 383 g/mol. The molecule has 1 aromatic heterocycles. The number of hydrogen-bond acceptors (Lipinski definition) is 4. The highest BCUT2D eigenvalue weighted by Crippen LogP contribution is 2.19. The minimum Gasteiger partial charge on any atom is -0.334 e. The van der Waals surface area contributed by atoms with Gasteiger partial charge in [0.2, 0.25) is 0 Å². The summed E-state index contributed by atoms with van der Waals surface area (Å²) in [5.41, 5.74) is 4.47. The highest BCUT2D eigenvalue weighted by molar-refractivity contribution is 7.07. The smallest absolute Gasteiger partial charge is 0.271 e. The van der Waals surface area contributed by atoms with Crippen LogP contribution < -0.4 is 19.8 Å². The van der Waals surface area contributed by atoms with Crippen LogP contribution in [0, 0.1) is 13.8 Å². The normalized spacial score (nSPS) is 14.3. The van der Waals surface area contributed by atoms with Gasteiger partial charge in [0.25, 0.3) is 5.56 Å². The van der Waals surface area contributed by atoms with E-state index in [9.17, 15) is 4.79 Å². The minimum atomic E-state index is -0.00206. The lowest BCUT2D eigenvalue weighted by atomic mass is 10.1. The molecule has 0 unspecified atom stereocenters. The van der Waals surface area contributed by atoms with Crippen molar-refractivity contribution >= 4 is 34.7 Å². The number of hydrogen-bond donors (Lipinski definition) is 0. The fourth-order valence-electron chi connectivity index (χ4n) is 3.12. The molecule has 4 rings (SSSR count). The number of anilines is 1. The van der Waals surface area contributed by atoms with E-state index in [1.54, 1.807) is 4.57 Å². The molecule has 6 heteroatoms. The van der Waals surface area contributed by atoms with E-state index in [1.807, 2.05) is 30.3 Å². The summed E-state index contributed by atoms with van der Waals surface area (Å²) in [6.07, 6.45) is 1.89. The third-order valence-electron chi connectivity index (χ3n) is 4.32. The van der Waals surface area contributed by atoms with Crippen molar-refractivity contribution in [3.8, 4) is 0 Å². The largest absolute Gasteiger partial charge is 0.334 e.